The number of hydrogen-bond donors (Lipinski definition) is 2. The molecule has 0 fully saturated rings. The zero-order valence-electron chi connectivity index (χ0n) is 10.8. The number of Topliss-reactive ketones (excluding diaryl/α,β-unsaturated/α-hetero) is 1. The lowest BCUT2D eigenvalue weighted by molar-refractivity contribution is -0.144. The van der Waals surface area contributed by atoms with Crippen molar-refractivity contribution in [1.29, 1.82) is 0 Å². The number of imidazole rings is 1. The average Bonchev–Trinajstić information content (AvgIpc) is 2.98. The molecule has 0 aliphatic rings. The van der Waals surface area contributed by atoms with Gasteiger partial charge in [0.1, 0.15) is 6.04 Å². The molecule has 3 N–H and O–H groups in total. The Bertz CT molecular complexity index is 567. The predicted octanol–water partition coefficient (Wildman–Crippen LogP) is 0.706. The van der Waals surface area contributed by atoms with Crippen molar-refractivity contribution in [1.82, 2.24) is 9.97 Å². The molecular weight excluding hydrogens is 258 g/mol. The number of aromatic nitrogens is 2. The number of rotatable bonds is 6. The lowest BCUT2D eigenvalue weighted by atomic mass is 10.1. The topological polar surface area (TPSA) is 98.1 Å². The smallest absolute Gasteiger partial charge is 0.323 e. The molecule has 2 aromatic rings. The number of hydrogen-bond acceptors (Lipinski definition) is 5. The summed E-state index contributed by atoms with van der Waals surface area (Å²) in [6.45, 7) is -0.306. The van der Waals surface area contributed by atoms with Crippen LogP contribution in [0.4, 0.5) is 0 Å². The summed E-state index contributed by atoms with van der Waals surface area (Å²) in [5.41, 5.74) is 6.94. The molecule has 0 saturated carbocycles. The van der Waals surface area contributed by atoms with E-state index in [2.05, 4.69) is 9.97 Å². The molecule has 6 nitrogen and oxygen atoms in total. The third kappa shape index (κ3) is 3.76. The van der Waals surface area contributed by atoms with Gasteiger partial charge < -0.3 is 15.5 Å². The highest BCUT2D eigenvalue weighted by Gasteiger charge is 2.18. The second-order valence-electron chi connectivity index (χ2n) is 4.28. The first-order valence-electron chi connectivity index (χ1n) is 6.14. The summed E-state index contributed by atoms with van der Waals surface area (Å²) in [6, 6.07) is 7.82. The second-order valence-corrected chi connectivity index (χ2v) is 4.28. The highest BCUT2D eigenvalue weighted by atomic mass is 16.5. The summed E-state index contributed by atoms with van der Waals surface area (Å²) >= 11 is 0. The Kier molecular flexibility index (Phi) is 4.62. The number of carbonyl (C=O) groups is 2. The van der Waals surface area contributed by atoms with Crippen molar-refractivity contribution in [2.24, 2.45) is 5.73 Å². The molecule has 2 rings (SSSR count). The highest BCUT2D eigenvalue weighted by molar-refractivity contribution is 5.98. The maximum atomic E-state index is 11.8. The van der Waals surface area contributed by atoms with Crippen molar-refractivity contribution in [3.8, 4) is 0 Å². The van der Waals surface area contributed by atoms with Crippen LogP contribution in [0.25, 0.3) is 0 Å². The van der Waals surface area contributed by atoms with Crippen LogP contribution < -0.4 is 5.73 Å². The van der Waals surface area contributed by atoms with Crippen molar-refractivity contribution in [3.05, 3.63) is 54.1 Å². The molecule has 20 heavy (non-hydrogen) atoms. The van der Waals surface area contributed by atoms with Crippen LogP contribution in [0.15, 0.2) is 42.9 Å². The SMILES string of the molecule is N[C@@H](Cc1cnc[nH]1)C(=O)OCC(=O)c1ccccc1. The highest BCUT2D eigenvalue weighted by Crippen LogP contribution is 2.02. The van der Waals surface area contributed by atoms with Gasteiger partial charge in [-0.3, -0.25) is 9.59 Å². The molecule has 6 heteroatoms. The summed E-state index contributed by atoms with van der Waals surface area (Å²) in [7, 11) is 0. The Labute approximate surface area is 116 Å². The number of nitrogens with one attached hydrogen (secondary N) is 1. The molecule has 0 aliphatic carbocycles. The van der Waals surface area contributed by atoms with Crippen molar-refractivity contribution < 1.29 is 14.3 Å². The Hall–Kier alpha value is -2.47. The number of nitrogens with two attached hydrogens (primary N) is 1. The molecule has 1 aromatic carbocycles. The molecule has 0 unspecified atom stereocenters. The van der Waals surface area contributed by atoms with E-state index in [-0.39, 0.29) is 12.4 Å². The molecule has 104 valence electrons. The van der Waals surface area contributed by atoms with E-state index in [0.29, 0.717) is 12.0 Å². The molecule has 1 heterocycles. The second kappa shape index (κ2) is 6.63. The van der Waals surface area contributed by atoms with E-state index in [9.17, 15) is 9.59 Å². The molecule has 0 radical (unpaired) electrons. The molecule has 0 amide bonds. The van der Waals surface area contributed by atoms with Crippen LogP contribution in [0.1, 0.15) is 16.1 Å². The lowest BCUT2D eigenvalue weighted by Gasteiger charge is -2.10. The molecule has 1 aromatic heterocycles. The third-order valence-electron chi connectivity index (χ3n) is 2.74. The first kappa shape index (κ1) is 14.0. The molecule has 0 spiro atoms. The maximum absolute atomic E-state index is 11.8. The van der Waals surface area contributed by atoms with Gasteiger partial charge in [0.25, 0.3) is 0 Å². The number of ether oxygens (including phenoxy) is 1. The number of ketones is 1. The summed E-state index contributed by atoms with van der Waals surface area (Å²) in [4.78, 5) is 30.1. The van der Waals surface area contributed by atoms with Crippen LogP contribution in [-0.2, 0) is 16.0 Å². The van der Waals surface area contributed by atoms with E-state index in [1.165, 1.54) is 6.33 Å². The summed E-state index contributed by atoms with van der Waals surface area (Å²) in [5, 5.41) is 0. The van der Waals surface area contributed by atoms with Crippen LogP contribution in [0.3, 0.4) is 0 Å². The number of benzene rings is 1. The summed E-state index contributed by atoms with van der Waals surface area (Å²) < 4.78 is 4.92. The Morgan fingerprint density at radius 3 is 2.70 bits per heavy atom. The summed E-state index contributed by atoms with van der Waals surface area (Å²) in [5.74, 6) is -0.864. The summed E-state index contributed by atoms with van der Waals surface area (Å²) in [6.07, 6.45) is 3.38. The van der Waals surface area contributed by atoms with Gasteiger partial charge in [0, 0.05) is 23.9 Å². The van der Waals surface area contributed by atoms with Crippen molar-refractivity contribution in [2.75, 3.05) is 6.61 Å². The largest absolute Gasteiger partial charge is 0.456 e. The van der Waals surface area contributed by atoms with Gasteiger partial charge in [-0.1, -0.05) is 30.3 Å². The number of carbonyl (C=O) groups excluding carboxylic acids is 2. The minimum atomic E-state index is -0.820. The average molecular weight is 273 g/mol. The van der Waals surface area contributed by atoms with E-state index >= 15 is 0 Å². The fraction of sp³-hybridized carbons (Fsp3) is 0.214. The van der Waals surface area contributed by atoms with Crippen LogP contribution in [-0.4, -0.2) is 34.4 Å². The fourth-order valence-electron chi connectivity index (χ4n) is 1.67. The third-order valence-corrected chi connectivity index (χ3v) is 2.74. The Balaban J connectivity index is 1.81. The number of aromatic amines is 1. The van der Waals surface area contributed by atoms with Gasteiger partial charge in [-0.15, -0.1) is 0 Å². The normalized spacial score (nSPS) is 11.8. The van der Waals surface area contributed by atoms with Gasteiger partial charge in [-0.05, 0) is 0 Å². The molecule has 1 atom stereocenters. The zero-order chi connectivity index (χ0) is 14.4. The van der Waals surface area contributed by atoms with Gasteiger partial charge in [0.15, 0.2) is 12.4 Å². The van der Waals surface area contributed by atoms with Crippen LogP contribution in [0.5, 0.6) is 0 Å². The van der Waals surface area contributed by atoms with E-state index in [4.69, 9.17) is 10.5 Å². The van der Waals surface area contributed by atoms with Crippen LogP contribution in [0.2, 0.25) is 0 Å². The predicted molar refractivity (Wildman–Crippen MR) is 72.0 cm³/mol. The fourth-order valence-corrected chi connectivity index (χ4v) is 1.67. The minimum absolute atomic E-state index is 0.257. The first-order valence-corrected chi connectivity index (χ1v) is 6.14. The van der Waals surface area contributed by atoms with E-state index in [1.54, 1.807) is 30.5 Å². The minimum Gasteiger partial charge on any atom is -0.456 e. The van der Waals surface area contributed by atoms with Crippen molar-refractivity contribution >= 4 is 11.8 Å². The lowest BCUT2D eigenvalue weighted by Crippen LogP contribution is -2.35. The van der Waals surface area contributed by atoms with Crippen molar-refractivity contribution in [3.63, 3.8) is 0 Å². The molecule has 0 saturated heterocycles. The number of H-pyrrole nitrogens is 1. The van der Waals surface area contributed by atoms with Gasteiger partial charge in [-0.25, -0.2) is 4.98 Å². The van der Waals surface area contributed by atoms with Gasteiger partial charge in [-0.2, -0.15) is 0 Å². The number of esters is 1. The standard InChI is InChI=1S/C14H15N3O3/c15-12(6-11-7-16-9-17-11)14(19)20-8-13(18)10-4-2-1-3-5-10/h1-5,7,9,12H,6,8,15H2,(H,16,17)/t12-/m0/s1. The molecule has 0 bridgehead atoms. The Morgan fingerprint density at radius 2 is 2.05 bits per heavy atom. The van der Waals surface area contributed by atoms with Gasteiger partial charge in [0.05, 0.1) is 6.33 Å². The monoisotopic (exact) mass is 273 g/mol. The quantitative estimate of drug-likeness (QED) is 0.596. The zero-order valence-corrected chi connectivity index (χ0v) is 10.8. The van der Waals surface area contributed by atoms with E-state index in [0.717, 1.165) is 5.69 Å². The Morgan fingerprint density at radius 1 is 1.30 bits per heavy atom. The van der Waals surface area contributed by atoms with Gasteiger partial charge in [0.2, 0.25) is 0 Å². The van der Waals surface area contributed by atoms with Gasteiger partial charge >= 0.3 is 5.97 Å². The number of nitrogens with zero attached hydrogens (tertiary/aromatic N) is 1. The maximum Gasteiger partial charge on any atom is 0.323 e. The molecular formula is C14H15N3O3. The van der Waals surface area contributed by atoms with Crippen LogP contribution >= 0.6 is 0 Å². The van der Waals surface area contributed by atoms with Crippen LogP contribution in [0, 0.1) is 0 Å². The first-order chi connectivity index (χ1) is 9.66. The van der Waals surface area contributed by atoms with E-state index in [1.807, 2.05) is 6.07 Å². The van der Waals surface area contributed by atoms with E-state index < -0.39 is 12.0 Å². The van der Waals surface area contributed by atoms with Crippen molar-refractivity contribution in [2.45, 2.75) is 12.5 Å². The molecule has 0 aliphatic heterocycles.